The minimum absolute atomic E-state index is 0.0448. The lowest BCUT2D eigenvalue weighted by Gasteiger charge is -2.26. The molecule has 1 fully saturated rings. The van der Waals surface area contributed by atoms with Gasteiger partial charge in [0.1, 0.15) is 17.1 Å². The van der Waals surface area contributed by atoms with Crippen molar-refractivity contribution in [1.82, 2.24) is 4.90 Å². The van der Waals surface area contributed by atoms with Crippen LogP contribution in [-0.4, -0.2) is 68.1 Å². The van der Waals surface area contributed by atoms with Gasteiger partial charge in [-0.05, 0) is 25.5 Å². The van der Waals surface area contributed by atoms with E-state index in [-0.39, 0.29) is 22.8 Å². The van der Waals surface area contributed by atoms with Gasteiger partial charge in [0.15, 0.2) is 15.9 Å². The van der Waals surface area contributed by atoms with Crippen molar-refractivity contribution in [3.05, 3.63) is 23.8 Å². The third-order valence-electron chi connectivity index (χ3n) is 4.16. The Kier molecular flexibility index (Phi) is 5.56. The Hall–Kier alpha value is -2.29. The molecule has 1 aromatic rings. The van der Waals surface area contributed by atoms with Crippen LogP contribution in [0.25, 0.3) is 0 Å². The molecule has 1 heterocycles. The van der Waals surface area contributed by atoms with Gasteiger partial charge in [0, 0.05) is 19.2 Å². The number of ether oxygens (including phenoxy) is 2. The van der Waals surface area contributed by atoms with E-state index in [1.807, 2.05) is 0 Å². The summed E-state index contributed by atoms with van der Waals surface area (Å²) >= 11 is 0. The Balaban J connectivity index is 2.02. The predicted octanol–water partition coefficient (Wildman–Crippen LogP) is 0.592. The van der Waals surface area contributed by atoms with E-state index in [4.69, 9.17) is 9.47 Å². The van der Waals surface area contributed by atoms with E-state index in [1.54, 1.807) is 0 Å². The Morgan fingerprint density at radius 3 is 2.56 bits per heavy atom. The minimum Gasteiger partial charge on any atom is -0.507 e. The number of aromatic hydroxyl groups is 1. The van der Waals surface area contributed by atoms with Crippen molar-refractivity contribution in [3.8, 4) is 11.5 Å². The number of benzene rings is 1. The Morgan fingerprint density at radius 1 is 1.36 bits per heavy atom. The normalized spacial score (nSPS) is 19.9. The summed E-state index contributed by atoms with van der Waals surface area (Å²) in [6.07, 6.45) is -0.743. The zero-order chi connectivity index (χ0) is 18.8. The van der Waals surface area contributed by atoms with Crippen molar-refractivity contribution >= 4 is 21.7 Å². The second-order valence-corrected chi connectivity index (χ2v) is 8.17. The molecule has 0 saturated carbocycles. The first-order valence-corrected chi connectivity index (χ1v) is 9.52. The predicted molar refractivity (Wildman–Crippen MR) is 89.4 cm³/mol. The van der Waals surface area contributed by atoms with Gasteiger partial charge in [-0.25, -0.2) is 13.2 Å². The van der Waals surface area contributed by atoms with E-state index < -0.39 is 33.9 Å². The highest BCUT2D eigenvalue weighted by Crippen LogP contribution is 2.24. The highest BCUT2D eigenvalue weighted by Gasteiger charge is 2.35. The van der Waals surface area contributed by atoms with Gasteiger partial charge in [-0.2, -0.15) is 0 Å². The van der Waals surface area contributed by atoms with Gasteiger partial charge in [0.25, 0.3) is 5.91 Å². The molecule has 2 atom stereocenters. The number of likely N-dealkylation sites (N-methyl/N-ethyl adjacent to an activating group) is 1. The topological polar surface area (TPSA) is 110 Å². The number of hydrogen-bond acceptors (Lipinski definition) is 7. The van der Waals surface area contributed by atoms with Crippen LogP contribution in [-0.2, 0) is 19.4 Å². The van der Waals surface area contributed by atoms with Crippen LogP contribution in [0.4, 0.5) is 0 Å². The van der Waals surface area contributed by atoms with E-state index in [2.05, 4.69) is 0 Å². The van der Waals surface area contributed by atoms with Crippen molar-refractivity contribution in [2.45, 2.75) is 25.5 Å². The maximum atomic E-state index is 12.4. The van der Waals surface area contributed by atoms with Gasteiger partial charge in [0.05, 0.1) is 18.6 Å². The number of carbonyl (C=O) groups is 2. The average Bonchev–Trinajstić information content (AvgIpc) is 2.92. The molecule has 1 saturated heterocycles. The first-order chi connectivity index (χ1) is 11.6. The number of amides is 1. The second kappa shape index (κ2) is 7.30. The van der Waals surface area contributed by atoms with E-state index in [1.165, 1.54) is 44.2 Å². The van der Waals surface area contributed by atoms with E-state index in [0.717, 1.165) is 0 Å². The highest BCUT2D eigenvalue weighted by molar-refractivity contribution is 7.91. The number of hydrogen-bond donors (Lipinski definition) is 1. The van der Waals surface area contributed by atoms with Crippen molar-refractivity contribution in [2.75, 3.05) is 25.7 Å². The van der Waals surface area contributed by atoms with E-state index in [0.29, 0.717) is 12.2 Å². The molecule has 0 aliphatic carbocycles. The molecule has 2 rings (SSSR count). The Labute approximate surface area is 146 Å². The van der Waals surface area contributed by atoms with Gasteiger partial charge in [-0.3, -0.25) is 4.79 Å². The van der Waals surface area contributed by atoms with Gasteiger partial charge < -0.3 is 19.5 Å². The molecule has 1 aliphatic rings. The molecular formula is C16H21NO7S. The summed E-state index contributed by atoms with van der Waals surface area (Å²) in [6.45, 7) is 1.40. The number of sulfone groups is 1. The quantitative estimate of drug-likeness (QED) is 0.754. The second-order valence-electron chi connectivity index (χ2n) is 5.94. The Bertz CT molecular complexity index is 775. The molecule has 25 heavy (non-hydrogen) atoms. The molecule has 8 nitrogen and oxygen atoms in total. The Morgan fingerprint density at radius 2 is 2.04 bits per heavy atom. The van der Waals surface area contributed by atoms with E-state index in [9.17, 15) is 23.1 Å². The fraction of sp³-hybridized carbons (Fsp3) is 0.500. The van der Waals surface area contributed by atoms with Gasteiger partial charge in [-0.15, -0.1) is 0 Å². The summed E-state index contributed by atoms with van der Waals surface area (Å²) in [5, 5.41) is 9.84. The molecule has 0 bridgehead atoms. The fourth-order valence-corrected chi connectivity index (χ4v) is 4.41. The third kappa shape index (κ3) is 4.41. The van der Waals surface area contributed by atoms with Gasteiger partial charge >= 0.3 is 5.97 Å². The zero-order valence-corrected chi connectivity index (χ0v) is 15.1. The molecular weight excluding hydrogens is 350 g/mol. The van der Waals surface area contributed by atoms with Crippen LogP contribution < -0.4 is 4.74 Å². The largest absolute Gasteiger partial charge is 0.507 e. The minimum atomic E-state index is -3.12. The number of esters is 1. The SMILES string of the molecule is COc1ccc(C(=O)O[C@H](C)C(=O)N(C)[C@H]2CCS(=O)(=O)C2)c(O)c1. The lowest BCUT2D eigenvalue weighted by Crippen LogP contribution is -2.44. The van der Waals surface area contributed by atoms with Crippen LogP contribution in [0, 0.1) is 0 Å². The highest BCUT2D eigenvalue weighted by atomic mass is 32.2. The summed E-state index contributed by atoms with van der Waals surface area (Å²) in [5.41, 5.74) is -0.0912. The fourth-order valence-electron chi connectivity index (χ4n) is 2.63. The molecule has 0 aromatic heterocycles. The summed E-state index contributed by atoms with van der Waals surface area (Å²) in [5.74, 6) is -1.34. The molecule has 1 N–H and O–H groups in total. The average molecular weight is 371 g/mol. The smallest absolute Gasteiger partial charge is 0.342 e. The number of methoxy groups -OCH3 is 1. The van der Waals surface area contributed by atoms with Crippen LogP contribution in [0.5, 0.6) is 11.5 Å². The molecule has 0 radical (unpaired) electrons. The number of carbonyl (C=O) groups excluding carboxylic acids is 2. The molecule has 1 aromatic carbocycles. The monoisotopic (exact) mass is 371 g/mol. The number of phenols is 1. The first-order valence-electron chi connectivity index (χ1n) is 7.69. The van der Waals surface area contributed by atoms with Crippen LogP contribution in [0.2, 0.25) is 0 Å². The van der Waals surface area contributed by atoms with Gasteiger partial charge in [-0.1, -0.05) is 0 Å². The summed E-state index contributed by atoms with van der Waals surface area (Å²) < 4.78 is 33.1. The molecule has 1 amide bonds. The van der Waals surface area contributed by atoms with Crippen molar-refractivity contribution < 1.29 is 32.6 Å². The summed E-state index contributed by atoms with van der Waals surface area (Å²) in [4.78, 5) is 25.8. The van der Waals surface area contributed by atoms with Crippen LogP contribution >= 0.6 is 0 Å². The molecule has 0 spiro atoms. The van der Waals surface area contributed by atoms with E-state index >= 15 is 0 Å². The lowest BCUT2D eigenvalue weighted by atomic mass is 10.2. The van der Waals surface area contributed by atoms with Crippen molar-refractivity contribution in [3.63, 3.8) is 0 Å². The molecule has 138 valence electrons. The maximum Gasteiger partial charge on any atom is 0.342 e. The summed E-state index contributed by atoms with van der Waals surface area (Å²) in [7, 11) is -0.212. The van der Waals surface area contributed by atoms with Gasteiger partial charge in [0.2, 0.25) is 0 Å². The van der Waals surface area contributed by atoms with Crippen LogP contribution in [0.15, 0.2) is 18.2 Å². The van der Waals surface area contributed by atoms with Crippen LogP contribution in [0.1, 0.15) is 23.7 Å². The zero-order valence-electron chi connectivity index (χ0n) is 14.3. The third-order valence-corrected chi connectivity index (χ3v) is 5.91. The number of rotatable bonds is 5. The van der Waals surface area contributed by atoms with Crippen molar-refractivity contribution in [2.24, 2.45) is 0 Å². The van der Waals surface area contributed by atoms with Crippen LogP contribution in [0.3, 0.4) is 0 Å². The standard InChI is InChI=1S/C16H21NO7S/c1-10(15(19)17(2)11-6-7-25(21,22)9-11)24-16(20)13-5-4-12(23-3)8-14(13)18/h4-5,8,10-11,18H,6-7,9H2,1-3H3/t10-,11+/m1/s1. The lowest BCUT2D eigenvalue weighted by molar-refractivity contribution is -0.140. The maximum absolute atomic E-state index is 12.4. The van der Waals surface area contributed by atoms with Crippen molar-refractivity contribution in [1.29, 1.82) is 0 Å². The molecule has 9 heteroatoms. The number of phenolic OH excluding ortho intramolecular Hbond substituents is 1. The molecule has 0 unspecified atom stereocenters. The summed E-state index contributed by atoms with van der Waals surface area (Å²) in [6, 6.07) is 3.66. The first kappa shape index (κ1) is 19.0. The molecule has 1 aliphatic heterocycles. The number of nitrogens with zero attached hydrogens (tertiary/aromatic N) is 1.